The second kappa shape index (κ2) is 6.15. The molecule has 24 heavy (non-hydrogen) atoms. The number of hydrogen-bond donors (Lipinski definition) is 0. The van der Waals surface area contributed by atoms with Gasteiger partial charge in [0, 0.05) is 11.6 Å². The van der Waals surface area contributed by atoms with Gasteiger partial charge in [0.25, 0.3) is 11.4 Å². The van der Waals surface area contributed by atoms with Gasteiger partial charge in [-0.2, -0.15) is 0 Å². The van der Waals surface area contributed by atoms with Gasteiger partial charge < -0.3 is 0 Å². The Morgan fingerprint density at radius 1 is 1.00 bits per heavy atom. The fraction of sp³-hybridized carbons (Fsp3) is 0.667. The van der Waals surface area contributed by atoms with Crippen molar-refractivity contribution in [2.75, 3.05) is 0 Å². The Kier molecular flexibility index (Phi) is 4.70. The molecule has 132 valence electrons. The third-order valence-corrected chi connectivity index (χ3v) is 6.16. The monoisotopic (exact) mass is 334 g/mol. The van der Waals surface area contributed by atoms with E-state index in [1.807, 2.05) is 13.8 Å². The molecule has 0 aliphatic heterocycles. The molecule has 0 spiro atoms. The van der Waals surface area contributed by atoms with Crippen LogP contribution in [0.25, 0.3) is 0 Å². The van der Waals surface area contributed by atoms with E-state index in [4.69, 9.17) is 0 Å². The standard InChI is InChI=1S/C18H26N2O4/c1-6-12-14(19(21)22)11-13-15(16(12)20(23)24)18(5,8-3)10-9-17(13,4)7-2/h11H,6-10H2,1-5H3/t17-,18+/m1/s1. The van der Waals surface area contributed by atoms with Gasteiger partial charge in [0.2, 0.25) is 0 Å². The molecule has 1 aromatic rings. The van der Waals surface area contributed by atoms with Crippen LogP contribution in [-0.2, 0) is 17.3 Å². The highest BCUT2D eigenvalue weighted by Crippen LogP contribution is 2.54. The van der Waals surface area contributed by atoms with Crippen molar-refractivity contribution in [3.05, 3.63) is 43.0 Å². The molecule has 1 aliphatic carbocycles. The van der Waals surface area contributed by atoms with Crippen molar-refractivity contribution in [2.45, 2.75) is 77.6 Å². The summed E-state index contributed by atoms with van der Waals surface area (Å²) in [5, 5.41) is 23.5. The van der Waals surface area contributed by atoms with E-state index in [2.05, 4.69) is 13.8 Å². The van der Waals surface area contributed by atoms with Crippen LogP contribution in [0.2, 0.25) is 0 Å². The smallest absolute Gasteiger partial charge is 0.258 e. The molecule has 0 saturated heterocycles. The maximum absolute atomic E-state index is 11.9. The van der Waals surface area contributed by atoms with E-state index in [0.717, 1.165) is 36.8 Å². The molecule has 0 amide bonds. The summed E-state index contributed by atoms with van der Waals surface area (Å²) in [5.41, 5.74) is 1.08. The maximum Gasteiger partial charge on any atom is 0.283 e. The molecule has 0 radical (unpaired) electrons. The van der Waals surface area contributed by atoms with Gasteiger partial charge in [-0.15, -0.1) is 0 Å². The minimum Gasteiger partial charge on any atom is -0.258 e. The first kappa shape index (κ1) is 18.4. The summed E-state index contributed by atoms with van der Waals surface area (Å²) in [6.07, 6.45) is 3.62. The fourth-order valence-electron chi connectivity index (χ4n) is 4.03. The van der Waals surface area contributed by atoms with Gasteiger partial charge in [-0.1, -0.05) is 34.6 Å². The second-order valence-electron chi connectivity index (χ2n) is 7.34. The SMILES string of the molecule is CCc1c([N+](=O)[O-])cc2c(c1[N+](=O)[O-])[C@@](C)(CC)CC[C@@]2(C)CC. The largest absolute Gasteiger partial charge is 0.283 e. The van der Waals surface area contributed by atoms with E-state index in [-0.39, 0.29) is 34.2 Å². The summed E-state index contributed by atoms with van der Waals surface area (Å²) < 4.78 is 0. The molecule has 6 nitrogen and oxygen atoms in total. The molecule has 0 unspecified atom stereocenters. The van der Waals surface area contributed by atoms with Gasteiger partial charge in [0.05, 0.1) is 9.85 Å². The first-order valence-electron chi connectivity index (χ1n) is 8.64. The molecule has 0 heterocycles. The first-order chi connectivity index (χ1) is 11.1. The lowest BCUT2D eigenvalue weighted by molar-refractivity contribution is -0.396. The summed E-state index contributed by atoms with van der Waals surface area (Å²) in [7, 11) is 0. The highest BCUT2D eigenvalue weighted by Gasteiger charge is 2.47. The zero-order valence-electron chi connectivity index (χ0n) is 15.1. The Morgan fingerprint density at radius 3 is 1.96 bits per heavy atom. The van der Waals surface area contributed by atoms with Crippen molar-refractivity contribution in [1.29, 1.82) is 0 Å². The molecular weight excluding hydrogens is 308 g/mol. The average molecular weight is 334 g/mol. The molecule has 0 N–H and O–H groups in total. The predicted molar refractivity (Wildman–Crippen MR) is 93.6 cm³/mol. The number of nitrogens with zero attached hydrogens (tertiary/aromatic N) is 2. The molecule has 0 fully saturated rings. The van der Waals surface area contributed by atoms with Crippen LogP contribution in [0, 0.1) is 20.2 Å². The summed E-state index contributed by atoms with van der Waals surface area (Å²) in [6.45, 7) is 9.95. The van der Waals surface area contributed by atoms with Crippen LogP contribution in [-0.4, -0.2) is 9.85 Å². The van der Waals surface area contributed by atoms with E-state index < -0.39 is 9.85 Å². The lowest BCUT2D eigenvalue weighted by Gasteiger charge is -2.44. The molecule has 6 heteroatoms. The lowest BCUT2D eigenvalue weighted by Crippen LogP contribution is -2.38. The van der Waals surface area contributed by atoms with E-state index >= 15 is 0 Å². The Hall–Kier alpha value is -1.98. The van der Waals surface area contributed by atoms with E-state index in [1.165, 1.54) is 0 Å². The van der Waals surface area contributed by atoms with Gasteiger partial charge in [-0.25, -0.2) is 0 Å². The molecule has 0 saturated carbocycles. The second-order valence-corrected chi connectivity index (χ2v) is 7.34. The zero-order chi connectivity index (χ0) is 18.3. The van der Waals surface area contributed by atoms with E-state index in [1.54, 1.807) is 13.0 Å². The quantitative estimate of drug-likeness (QED) is 0.547. The topological polar surface area (TPSA) is 86.3 Å². The number of benzene rings is 1. The third kappa shape index (κ3) is 2.58. The van der Waals surface area contributed by atoms with Gasteiger partial charge in [-0.3, -0.25) is 20.2 Å². The summed E-state index contributed by atoms with van der Waals surface area (Å²) in [6, 6.07) is 1.62. The van der Waals surface area contributed by atoms with Crippen molar-refractivity contribution in [1.82, 2.24) is 0 Å². The Labute approximate surface area is 142 Å². The van der Waals surface area contributed by atoms with Gasteiger partial charge >= 0.3 is 0 Å². The van der Waals surface area contributed by atoms with E-state index in [9.17, 15) is 20.2 Å². The molecule has 2 atom stereocenters. The van der Waals surface area contributed by atoms with Crippen LogP contribution in [0.1, 0.15) is 77.0 Å². The Bertz CT molecular complexity index is 701. The van der Waals surface area contributed by atoms with Crippen molar-refractivity contribution >= 4 is 11.4 Å². The molecule has 1 aromatic carbocycles. The summed E-state index contributed by atoms with van der Waals surface area (Å²) in [5.74, 6) is 0. The van der Waals surface area contributed by atoms with Crippen molar-refractivity contribution in [3.63, 3.8) is 0 Å². The number of fused-ring (bicyclic) bond motifs is 1. The van der Waals surface area contributed by atoms with Gasteiger partial charge in [-0.05, 0) is 48.5 Å². The number of rotatable bonds is 5. The number of nitro groups is 2. The number of hydrogen-bond acceptors (Lipinski definition) is 4. The van der Waals surface area contributed by atoms with E-state index in [0.29, 0.717) is 0 Å². The Balaban J connectivity index is 3.02. The van der Waals surface area contributed by atoms with Crippen molar-refractivity contribution < 1.29 is 9.85 Å². The van der Waals surface area contributed by atoms with Crippen molar-refractivity contribution in [2.24, 2.45) is 0 Å². The minimum atomic E-state index is -0.472. The molecule has 1 aliphatic rings. The van der Waals surface area contributed by atoms with Gasteiger partial charge in [0.1, 0.15) is 5.56 Å². The molecule has 2 rings (SSSR count). The minimum absolute atomic E-state index is 0.0228. The molecule has 0 bridgehead atoms. The summed E-state index contributed by atoms with van der Waals surface area (Å²) in [4.78, 5) is 22.6. The highest BCUT2D eigenvalue weighted by molar-refractivity contribution is 5.66. The fourth-order valence-corrected chi connectivity index (χ4v) is 4.03. The van der Waals surface area contributed by atoms with Crippen LogP contribution in [0.4, 0.5) is 11.4 Å². The highest BCUT2D eigenvalue weighted by atomic mass is 16.6. The average Bonchev–Trinajstić information content (AvgIpc) is 2.56. The summed E-state index contributed by atoms with van der Waals surface area (Å²) >= 11 is 0. The van der Waals surface area contributed by atoms with Crippen LogP contribution in [0.15, 0.2) is 6.07 Å². The number of nitro benzene ring substituents is 2. The van der Waals surface area contributed by atoms with Crippen LogP contribution < -0.4 is 0 Å². The van der Waals surface area contributed by atoms with Crippen LogP contribution in [0.5, 0.6) is 0 Å². The maximum atomic E-state index is 11.9. The zero-order valence-corrected chi connectivity index (χ0v) is 15.1. The van der Waals surface area contributed by atoms with Gasteiger partial charge in [0.15, 0.2) is 0 Å². The van der Waals surface area contributed by atoms with Crippen LogP contribution >= 0.6 is 0 Å². The Morgan fingerprint density at radius 2 is 1.54 bits per heavy atom. The normalized spacial score (nSPS) is 26.0. The third-order valence-electron chi connectivity index (χ3n) is 6.16. The van der Waals surface area contributed by atoms with Crippen molar-refractivity contribution in [3.8, 4) is 0 Å². The predicted octanol–water partition coefficient (Wildman–Crippen LogP) is 5.19. The first-order valence-corrected chi connectivity index (χ1v) is 8.64. The molecular formula is C18H26N2O4. The van der Waals surface area contributed by atoms with Crippen LogP contribution in [0.3, 0.4) is 0 Å². The lowest BCUT2D eigenvalue weighted by atomic mass is 9.59. The molecule has 0 aromatic heterocycles.